The van der Waals surface area contributed by atoms with Gasteiger partial charge >= 0.3 is 50.9 Å². The summed E-state index contributed by atoms with van der Waals surface area (Å²) in [5.74, 6) is -0.851. The Bertz CT molecular complexity index is 1230. The van der Waals surface area contributed by atoms with Crippen molar-refractivity contribution in [2.45, 2.75) is 55.8 Å². The van der Waals surface area contributed by atoms with Gasteiger partial charge in [0.2, 0.25) is 5.91 Å². The number of carbonyl (C=O) groups is 2. The summed E-state index contributed by atoms with van der Waals surface area (Å²) in [6, 6.07) is -0.946. The number of phosphoric ester groups is 1. The monoisotopic (exact) mass is 631 g/mol. The van der Waals surface area contributed by atoms with Crippen molar-refractivity contribution in [2.75, 3.05) is 13.2 Å². The van der Waals surface area contributed by atoms with Gasteiger partial charge in [-0.1, -0.05) is 0 Å². The number of aromatic amines is 1. The summed E-state index contributed by atoms with van der Waals surface area (Å²) < 4.78 is 44.3. The second-order valence-corrected chi connectivity index (χ2v) is 11.0. The van der Waals surface area contributed by atoms with Crippen molar-refractivity contribution in [1.82, 2.24) is 14.9 Å². The van der Waals surface area contributed by atoms with E-state index in [0.29, 0.717) is 4.57 Å². The van der Waals surface area contributed by atoms with Crippen molar-refractivity contribution in [1.29, 1.82) is 0 Å². The quantitative estimate of drug-likeness (QED) is 0.0523. The first-order chi connectivity index (χ1) is 18.0. The number of aldehydes is 1. The van der Waals surface area contributed by atoms with E-state index in [0.717, 1.165) is 19.2 Å². The third-order valence-electron chi connectivity index (χ3n) is 5.10. The molecule has 9 N–H and O–H groups in total. The van der Waals surface area contributed by atoms with E-state index in [2.05, 4.69) is 4.31 Å². The van der Waals surface area contributed by atoms with E-state index in [-0.39, 0.29) is 37.3 Å². The number of H-pyrrole nitrogens is 1. The van der Waals surface area contributed by atoms with Crippen molar-refractivity contribution >= 4 is 27.8 Å². The minimum Gasteiger partial charge on any atom is -1.00 e. The van der Waals surface area contributed by atoms with Crippen LogP contribution in [-0.4, -0.2) is 113 Å². The molecule has 1 aliphatic rings. The number of aromatic nitrogens is 2. The fourth-order valence-electron chi connectivity index (χ4n) is 3.34. The van der Waals surface area contributed by atoms with Crippen LogP contribution in [0.1, 0.15) is 14.6 Å². The maximum absolute atomic E-state index is 13.2. The average molecular weight is 631 g/mol. The Hall–Kier alpha value is -1.16. The molecule has 0 saturated carbocycles. The number of nitrogens with one attached hydrogen (secondary N) is 2. The van der Waals surface area contributed by atoms with Crippen molar-refractivity contribution in [3.63, 3.8) is 0 Å². The van der Waals surface area contributed by atoms with Crippen LogP contribution < -0.4 is 46.1 Å². The van der Waals surface area contributed by atoms with Gasteiger partial charge in [0.25, 0.3) is 5.56 Å². The van der Waals surface area contributed by atoms with Gasteiger partial charge < -0.3 is 51.6 Å². The van der Waals surface area contributed by atoms with Crippen LogP contribution in [-0.2, 0) is 36.8 Å². The van der Waals surface area contributed by atoms with Crippen LogP contribution in [0, 0.1) is 0 Å². The Labute approximate surface area is 247 Å². The molecule has 0 radical (unpaired) electrons. The Morgan fingerprint density at radius 2 is 1.90 bits per heavy atom. The van der Waals surface area contributed by atoms with Gasteiger partial charge in [0.05, 0.1) is 13.2 Å². The third kappa shape index (κ3) is 9.99. The van der Waals surface area contributed by atoms with Gasteiger partial charge in [0.1, 0.15) is 49.0 Å². The zero-order chi connectivity index (χ0) is 29.7. The van der Waals surface area contributed by atoms with Crippen molar-refractivity contribution in [2.24, 2.45) is 0 Å². The topological polar surface area (TPSA) is 314 Å². The predicted octanol–water partition coefficient (Wildman–Crippen LogP) is -7.69. The van der Waals surface area contributed by atoms with Crippen molar-refractivity contribution < 1.29 is 103 Å². The minimum atomic E-state index is -5.74. The van der Waals surface area contributed by atoms with Crippen molar-refractivity contribution in [3.8, 4) is 0 Å². The van der Waals surface area contributed by atoms with E-state index >= 15 is 0 Å². The molecule has 0 spiro atoms. The molecule has 0 aromatic carbocycles. The van der Waals surface area contributed by atoms with Crippen LogP contribution in [0.5, 0.6) is 0 Å². The molecule has 1 fully saturated rings. The molecular formula is C17H28N3NaO17P2. The zero-order valence-corrected chi connectivity index (χ0v) is 24.6. The largest absolute Gasteiger partial charge is 1.00 e. The summed E-state index contributed by atoms with van der Waals surface area (Å²) >= 11 is 0. The molecule has 2 heterocycles. The maximum Gasteiger partial charge on any atom is 1.00 e. The molecule has 1 saturated heterocycles. The van der Waals surface area contributed by atoms with Gasteiger partial charge in [0, 0.05) is 19.2 Å². The number of nitrogens with zero attached hydrogens (tertiary/aromatic N) is 1. The van der Waals surface area contributed by atoms with E-state index in [1.54, 1.807) is 0 Å². The Balaban J connectivity index is 0.00000800. The summed E-state index contributed by atoms with van der Waals surface area (Å²) in [6.07, 6.45) is -13.0. The summed E-state index contributed by atoms with van der Waals surface area (Å²) in [5.41, 5.74) is -1.83. The molecule has 0 bridgehead atoms. The molecule has 23 heteroatoms. The second-order valence-electron chi connectivity index (χ2n) is 8.05. The van der Waals surface area contributed by atoms with Crippen LogP contribution >= 0.6 is 15.6 Å². The summed E-state index contributed by atoms with van der Waals surface area (Å²) in [4.78, 5) is 66.1. The molecule has 2 rings (SSSR count). The molecule has 1 aliphatic heterocycles. The van der Waals surface area contributed by atoms with E-state index in [1.165, 1.54) is 0 Å². The van der Waals surface area contributed by atoms with Gasteiger partial charge in [-0.3, -0.25) is 28.2 Å². The van der Waals surface area contributed by atoms with Gasteiger partial charge in [-0.05, 0) is 0 Å². The first kappa shape index (κ1) is 36.9. The molecular weight excluding hydrogens is 603 g/mol. The van der Waals surface area contributed by atoms with Crippen LogP contribution in [0.4, 0.5) is 0 Å². The van der Waals surface area contributed by atoms with E-state index < -0.39 is 94.9 Å². The van der Waals surface area contributed by atoms with Gasteiger partial charge in [0.15, 0.2) is 6.23 Å². The molecule has 9 atom stereocenters. The zero-order valence-electron chi connectivity index (χ0n) is 21.8. The van der Waals surface area contributed by atoms with Crippen molar-refractivity contribution in [3.05, 3.63) is 33.1 Å². The second kappa shape index (κ2) is 15.4. The Kier molecular flexibility index (Phi) is 14.1. The minimum absolute atomic E-state index is 0. The predicted molar refractivity (Wildman–Crippen MR) is 123 cm³/mol. The molecule has 224 valence electrons. The SMILES string of the molecule is CC(=O)N[C@@H](C=O)[C@@H](O)[C@H](OP(=O)(OC[C@H]1O[C@@H](n2ccc(=O)[nH]c2=O)[C@H](O)[C@@H]1O)OP(=O)(O)O)[C@H](O)CO.[H-].[Na+]. The van der Waals surface area contributed by atoms with Crippen LogP contribution in [0.3, 0.4) is 0 Å². The molecule has 0 aliphatic carbocycles. The van der Waals surface area contributed by atoms with E-state index in [9.17, 15) is 63.6 Å². The maximum atomic E-state index is 13.2. The smallest absolute Gasteiger partial charge is 1.00 e. The standard InChI is InChI=1S/C17H27N3O17P2.Na.H/c1-7(23)18-8(4-21)12(26)15(9(24)5-22)36-39(33,37-38(30,31)32)34-6-10-13(27)14(28)16(35-10)20-3-2-11(25)19-17(20)29;;/h2-4,8-10,12-16,22,24,26-28H,5-6H2,1H3,(H,18,23)(H,19,25,29)(H2,30,31,32);;/q;+1;-1/t8-,9+,10+,12+,13+,14+,15+,16+,39?;;/m0../s1. The number of hydrogen-bond acceptors (Lipinski definition) is 15. The van der Waals surface area contributed by atoms with Crippen LogP contribution in [0.25, 0.3) is 0 Å². The number of rotatable bonds is 14. The number of ether oxygens (including phenoxy) is 1. The fourth-order valence-corrected chi connectivity index (χ4v) is 5.68. The van der Waals surface area contributed by atoms with E-state index in [1.807, 2.05) is 10.3 Å². The number of carbonyl (C=O) groups excluding carboxylic acids is 2. The Morgan fingerprint density at radius 1 is 1.27 bits per heavy atom. The summed E-state index contributed by atoms with van der Waals surface area (Å²) in [5, 5.41) is 52.3. The normalized spacial score (nSPS) is 25.6. The molecule has 20 nitrogen and oxygen atoms in total. The van der Waals surface area contributed by atoms with Gasteiger partial charge in [-0.2, -0.15) is 4.31 Å². The molecule has 1 aromatic heterocycles. The third-order valence-corrected chi connectivity index (χ3v) is 7.72. The molecule has 40 heavy (non-hydrogen) atoms. The van der Waals surface area contributed by atoms with E-state index in [4.69, 9.17) is 13.8 Å². The van der Waals surface area contributed by atoms with Crippen LogP contribution in [0.2, 0.25) is 0 Å². The number of phosphoric acid groups is 2. The Morgan fingerprint density at radius 3 is 2.40 bits per heavy atom. The summed E-state index contributed by atoms with van der Waals surface area (Å²) in [7, 11) is -11.4. The first-order valence-electron chi connectivity index (χ1n) is 10.7. The van der Waals surface area contributed by atoms with Gasteiger partial charge in [-0.15, -0.1) is 0 Å². The number of aliphatic hydroxyl groups excluding tert-OH is 5. The van der Waals surface area contributed by atoms with Crippen LogP contribution in [0.15, 0.2) is 21.9 Å². The fraction of sp³-hybridized carbons (Fsp3) is 0.647. The van der Waals surface area contributed by atoms with Gasteiger partial charge in [-0.25, -0.2) is 13.9 Å². The summed E-state index contributed by atoms with van der Waals surface area (Å²) in [6.45, 7) is -1.41. The average Bonchev–Trinajstić information content (AvgIpc) is 3.11. The molecule has 1 amide bonds. The number of amides is 1. The molecule has 1 unspecified atom stereocenters. The number of hydrogen-bond donors (Lipinski definition) is 9. The first-order valence-corrected chi connectivity index (χ1v) is 13.7. The molecule has 1 aromatic rings. The number of aliphatic hydroxyl groups is 5.